The Bertz CT molecular complexity index is 947. The van der Waals surface area contributed by atoms with Gasteiger partial charge in [0.05, 0.1) is 11.8 Å². The Kier molecular flexibility index (Phi) is 5.74. The molecule has 1 amide bonds. The summed E-state index contributed by atoms with van der Waals surface area (Å²) in [6, 6.07) is 22.9. The van der Waals surface area contributed by atoms with E-state index in [0.29, 0.717) is 16.9 Å². The van der Waals surface area contributed by atoms with E-state index in [1.165, 1.54) is 6.21 Å². The van der Waals surface area contributed by atoms with Crippen LogP contribution in [-0.4, -0.2) is 18.1 Å². The van der Waals surface area contributed by atoms with E-state index in [9.17, 15) is 9.59 Å². The van der Waals surface area contributed by atoms with E-state index in [-0.39, 0.29) is 5.91 Å². The van der Waals surface area contributed by atoms with Crippen molar-refractivity contribution in [3.05, 3.63) is 101 Å². The van der Waals surface area contributed by atoms with Crippen LogP contribution in [0.2, 0.25) is 0 Å². The lowest BCUT2D eigenvalue weighted by Crippen LogP contribution is -2.17. The number of carbonyl (C=O) groups excluding carboxylic acids is 2. The maximum Gasteiger partial charge on any atom is 0.343 e. The number of amides is 1. The molecular weight excluding hydrogens is 340 g/mol. The summed E-state index contributed by atoms with van der Waals surface area (Å²) in [5, 5.41) is 3.93. The Balaban J connectivity index is 1.56. The van der Waals surface area contributed by atoms with E-state index in [1.54, 1.807) is 60.7 Å². The summed E-state index contributed by atoms with van der Waals surface area (Å²) in [7, 11) is 0. The molecular formula is C22H18N2O3. The van der Waals surface area contributed by atoms with Gasteiger partial charge in [-0.1, -0.05) is 35.9 Å². The molecule has 3 aromatic rings. The van der Waals surface area contributed by atoms with Crippen molar-refractivity contribution in [2.24, 2.45) is 5.10 Å². The molecule has 5 heteroatoms. The molecule has 0 aliphatic heterocycles. The summed E-state index contributed by atoms with van der Waals surface area (Å²) in [5.74, 6) is -0.256. The summed E-state index contributed by atoms with van der Waals surface area (Å²) in [4.78, 5) is 24.0. The minimum absolute atomic E-state index is 0.282. The lowest BCUT2D eigenvalue weighted by atomic mass is 10.1. The predicted molar refractivity (Wildman–Crippen MR) is 104 cm³/mol. The van der Waals surface area contributed by atoms with Gasteiger partial charge in [0, 0.05) is 5.56 Å². The van der Waals surface area contributed by atoms with Crippen LogP contribution in [0.1, 0.15) is 31.8 Å². The third-order valence-electron chi connectivity index (χ3n) is 3.79. The van der Waals surface area contributed by atoms with E-state index >= 15 is 0 Å². The minimum atomic E-state index is -0.411. The average Bonchev–Trinajstić information content (AvgIpc) is 2.70. The Morgan fingerprint density at radius 1 is 0.852 bits per heavy atom. The summed E-state index contributed by atoms with van der Waals surface area (Å²) in [5.41, 5.74) is 5.34. The molecule has 0 atom stereocenters. The molecule has 5 nitrogen and oxygen atoms in total. The third-order valence-corrected chi connectivity index (χ3v) is 3.79. The van der Waals surface area contributed by atoms with E-state index in [4.69, 9.17) is 4.74 Å². The Morgan fingerprint density at radius 3 is 2.19 bits per heavy atom. The highest BCUT2D eigenvalue weighted by Gasteiger charge is 2.08. The van der Waals surface area contributed by atoms with Gasteiger partial charge in [-0.15, -0.1) is 0 Å². The summed E-state index contributed by atoms with van der Waals surface area (Å²) in [6.07, 6.45) is 1.52. The van der Waals surface area contributed by atoms with Gasteiger partial charge in [0.25, 0.3) is 5.91 Å². The first-order valence-electron chi connectivity index (χ1n) is 8.39. The molecule has 0 fully saturated rings. The van der Waals surface area contributed by atoms with Gasteiger partial charge < -0.3 is 4.74 Å². The van der Waals surface area contributed by atoms with Crippen LogP contribution in [0, 0.1) is 6.92 Å². The predicted octanol–water partition coefficient (Wildman–Crippen LogP) is 3.98. The zero-order chi connectivity index (χ0) is 19.1. The maximum absolute atomic E-state index is 12.1. The smallest absolute Gasteiger partial charge is 0.343 e. The number of esters is 1. The molecule has 0 aromatic heterocycles. The van der Waals surface area contributed by atoms with Gasteiger partial charge in [-0.2, -0.15) is 5.10 Å². The summed E-state index contributed by atoms with van der Waals surface area (Å²) < 4.78 is 5.34. The largest absolute Gasteiger partial charge is 0.423 e. The second-order valence-electron chi connectivity index (χ2n) is 5.89. The van der Waals surface area contributed by atoms with Gasteiger partial charge >= 0.3 is 5.97 Å². The van der Waals surface area contributed by atoms with Crippen molar-refractivity contribution in [2.45, 2.75) is 6.92 Å². The normalized spacial score (nSPS) is 10.6. The molecule has 0 unspecified atom stereocenters. The zero-order valence-electron chi connectivity index (χ0n) is 14.8. The van der Waals surface area contributed by atoms with Crippen LogP contribution in [-0.2, 0) is 0 Å². The number of ether oxygens (including phenoxy) is 1. The molecule has 0 saturated heterocycles. The maximum atomic E-state index is 12.1. The molecule has 0 spiro atoms. The van der Waals surface area contributed by atoms with Crippen LogP contribution in [0.4, 0.5) is 0 Å². The van der Waals surface area contributed by atoms with E-state index in [1.807, 2.05) is 25.1 Å². The fraction of sp³-hybridized carbons (Fsp3) is 0.0455. The molecule has 27 heavy (non-hydrogen) atoms. The molecule has 0 heterocycles. The summed E-state index contributed by atoms with van der Waals surface area (Å²) >= 11 is 0. The van der Waals surface area contributed by atoms with Crippen LogP contribution < -0.4 is 10.2 Å². The van der Waals surface area contributed by atoms with Gasteiger partial charge in [0.2, 0.25) is 0 Å². The SMILES string of the molecule is Cc1ccc(C(=O)Oc2ccc(/C=N/NC(=O)c3ccccc3)cc2)cc1. The second kappa shape index (κ2) is 8.58. The van der Waals surface area contributed by atoms with Crippen LogP contribution in [0.5, 0.6) is 5.75 Å². The van der Waals surface area contributed by atoms with Crippen LogP contribution in [0.15, 0.2) is 84.0 Å². The molecule has 0 aliphatic carbocycles. The number of nitrogens with zero attached hydrogens (tertiary/aromatic N) is 1. The highest BCUT2D eigenvalue weighted by atomic mass is 16.5. The van der Waals surface area contributed by atoms with Crippen LogP contribution in [0.3, 0.4) is 0 Å². The van der Waals surface area contributed by atoms with Crippen molar-refractivity contribution in [1.82, 2.24) is 5.43 Å². The first-order valence-corrected chi connectivity index (χ1v) is 8.39. The summed E-state index contributed by atoms with van der Waals surface area (Å²) in [6.45, 7) is 1.96. The topological polar surface area (TPSA) is 67.8 Å². The van der Waals surface area contributed by atoms with Gasteiger partial charge in [0.1, 0.15) is 5.75 Å². The fourth-order valence-corrected chi connectivity index (χ4v) is 2.30. The van der Waals surface area contributed by atoms with E-state index in [2.05, 4.69) is 10.5 Å². The second-order valence-corrected chi connectivity index (χ2v) is 5.89. The molecule has 3 rings (SSSR count). The Hall–Kier alpha value is -3.73. The number of hydrazone groups is 1. The first kappa shape index (κ1) is 18.1. The Morgan fingerprint density at radius 2 is 1.52 bits per heavy atom. The first-order chi connectivity index (χ1) is 13.1. The van der Waals surface area contributed by atoms with Gasteiger partial charge in [-0.25, -0.2) is 10.2 Å². The van der Waals surface area contributed by atoms with Crippen molar-refractivity contribution >= 4 is 18.1 Å². The number of carbonyl (C=O) groups is 2. The van der Waals surface area contributed by atoms with Crippen molar-refractivity contribution in [3.63, 3.8) is 0 Å². The number of hydrogen-bond donors (Lipinski definition) is 1. The van der Waals surface area contributed by atoms with Gasteiger partial charge in [0.15, 0.2) is 0 Å². The van der Waals surface area contributed by atoms with Crippen LogP contribution >= 0.6 is 0 Å². The molecule has 1 N–H and O–H groups in total. The number of hydrogen-bond acceptors (Lipinski definition) is 4. The molecule has 3 aromatic carbocycles. The number of aryl methyl sites for hydroxylation is 1. The number of rotatable bonds is 5. The van der Waals surface area contributed by atoms with Crippen molar-refractivity contribution in [1.29, 1.82) is 0 Å². The van der Waals surface area contributed by atoms with Crippen LogP contribution in [0.25, 0.3) is 0 Å². The molecule has 0 aliphatic rings. The Labute approximate surface area is 157 Å². The third kappa shape index (κ3) is 5.12. The fourth-order valence-electron chi connectivity index (χ4n) is 2.30. The minimum Gasteiger partial charge on any atom is -0.423 e. The standard InChI is InChI=1S/C22H18N2O3/c1-16-7-11-19(12-8-16)22(26)27-20-13-9-17(10-14-20)15-23-24-21(25)18-5-3-2-4-6-18/h2-15H,1H3,(H,24,25)/b23-15+. The van der Waals surface area contributed by atoms with Crippen molar-refractivity contribution in [2.75, 3.05) is 0 Å². The average molecular weight is 358 g/mol. The van der Waals surface area contributed by atoms with Crippen molar-refractivity contribution < 1.29 is 14.3 Å². The highest BCUT2D eigenvalue weighted by molar-refractivity contribution is 5.95. The lowest BCUT2D eigenvalue weighted by Gasteiger charge is -2.05. The molecule has 0 saturated carbocycles. The quantitative estimate of drug-likeness (QED) is 0.325. The molecule has 134 valence electrons. The highest BCUT2D eigenvalue weighted by Crippen LogP contribution is 2.14. The van der Waals surface area contributed by atoms with E-state index < -0.39 is 5.97 Å². The molecule has 0 radical (unpaired) electrons. The lowest BCUT2D eigenvalue weighted by molar-refractivity contribution is 0.0734. The zero-order valence-corrected chi connectivity index (χ0v) is 14.8. The van der Waals surface area contributed by atoms with E-state index in [0.717, 1.165) is 11.1 Å². The number of nitrogens with one attached hydrogen (secondary N) is 1. The van der Waals surface area contributed by atoms with Gasteiger partial charge in [-0.05, 0) is 61.0 Å². The monoisotopic (exact) mass is 358 g/mol. The van der Waals surface area contributed by atoms with Gasteiger partial charge in [-0.3, -0.25) is 4.79 Å². The van der Waals surface area contributed by atoms with Crippen molar-refractivity contribution in [3.8, 4) is 5.75 Å². The number of benzene rings is 3. The molecule has 0 bridgehead atoms.